The van der Waals surface area contributed by atoms with E-state index in [0.717, 1.165) is 50.1 Å². The molecule has 2 fully saturated rings. The van der Waals surface area contributed by atoms with Crippen LogP contribution < -0.4 is 5.32 Å². The van der Waals surface area contributed by atoms with Crippen LogP contribution in [0.25, 0.3) is 0 Å². The molecule has 2 aromatic rings. The van der Waals surface area contributed by atoms with Crippen molar-refractivity contribution in [2.75, 3.05) is 38.2 Å². The Morgan fingerprint density at radius 3 is 3.08 bits per heavy atom. The number of nitrogens with one attached hydrogen (secondary N) is 1. The maximum Gasteiger partial charge on any atom is 0.222 e. The van der Waals surface area contributed by atoms with Crippen LogP contribution in [-0.2, 0) is 16.0 Å². The van der Waals surface area contributed by atoms with Crippen molar-refractivity contribution in [1.29, 1.82) is 0 Å². The van der Waals surface area contributed by atoms with Crippen LogP contribution in [0.3, 0.4) is 0 Å². The van der Waals surface area contributed by atoms with Crippen molar-refractivity contribution in [2.24, 2.45) is 0 Å². The van der Waals surface area contributed by atoms with Crippen LogP contribution in [0.5, 0.6) is 0 Å². The molecule has 0 saturated carbocycles. The zero-order valence-corrected chi connectivity index (χ0v) is 17.0. The first-order valence-electron chi connectivity index (χ1n) is 8.93. The van der Waals surface area contributed by atoms with Crippen LogP contribution >= 0.6 is 27.3 Å². The molecular formula is C18H23BrN4O2S. The van der Waals surface area contributed by atoms with Gasteiger partial charge in [0.25, 0.3) is 0 Å². The van der Waals surface area contributed by atoms with E-state index in [1.165, 1.54) is 4.88 Å². The minimum Gasteiger partial charge on any atom is -0.377 e. The molecule has 1 spiro atoms. The van der Waals surface area contributed by atoms with Gasteiger partial charge in [-0.25, -0.2) is 9.97 Å². The molecule has 2 aliphatic rings. The summed E-state index contributed by atoms with van der Waals surface area (Å²) in [5.74, 6) is 0.652. The highest BCUT2D eigenvalue weighted by molar-refractivity contribution is 9.10. The third kappa shape index (κ3) is 4.61. The molecule has 1 N–H and O–H groups in total. The van der Waals surface area contributed by atoms with Crippen molar-refractivity contribution >= 4 is 33.2 Å². The molecule has 6 nitrogen and oxygen atoms in total. The Kier molecular flexibility index (Phi) is 5.85. The second-order valence-corrected chi connectivity index (χ2v) is 8.82. The molecule has 8 heteroatoms. The molecule has 0 unspecified atom stereocenters. The van der Waals surface area contributed by atoms with Crippen molar-refractivity contribution in [3.63, 3.8) is 0 Å². The molecule has 2 aromatic heterocycles. The van der Waals surface area contributed by atoms with Crippen LogP contribution in [0.2, 0.25) is 0 Å². The number of halogens is 1. The van der Waals surface area contributed by atoms with E-state index < -0.39 is 0 Å². The van der Waals surface area contributed by atoms with Crippen LogP contribution in [-0.4, -0.2) is 59.4 Å². The van der Waals surface area contributed by atoms with Gasteiger partial charge in [-0.2, -0.15) is 0 Å². The summed E-state index contributed by atoms with van der Waals surface area (Å²) in [7, 11) is 0. The normalized spacial score (nSPS) is 26.9. The average molecular weight is 439 g/mol. The largest absolute Gasteiger partial charge is 0.377 e. The lowest BCUT2D eigenvalue weighted by molar-refractivity contribution is -0.0826. The van der Waals surface area contributed by atoms with E-state index in [1.807, 2.05) is 6.07 Å². The molecule has 2 saturated heterocycles. The summed E-state index contributed by atoms with van der Waals surface area (Å²) < 4.78 is 13.5. The number of hydrogen-bond acceptors (Lipinski definition) is 7. The van der Waals surface area contributed by atoms with E-state index in [0.29, 0.717) is 12.6 Å². The highest BCUT2D eigenvalue weighted by atomic mass is 79.9. The molecule has 4 rings (SSSR count). The van der Waals surface area contributed by atoms with Crippen LogP contribution in [0.15, 0.2) is 34.4 Å². The van der Waals surface area contributed by atoms with E-state index in [9.17, 15) is 0 Å². The van der Waals surface area contributed by atoms with E-state index in [-0.39, 0.29) is 11.7 Å². The molecule has 0 bridgehead atoms. The molecule has 0 amide bonds. The standard InChI is InChI=1S/C18H23BrN4O2S/c19-14-8-16(26-11-14)10-23-6-7-24-13-18(12-23)3-2-15(25-18)9-22-17-20-4-1-5-21-17/h1,4-5,8,11,15H,2-3,6-7,9-10,12-13H2,(H,20,21,22)/t15-,18+/m0/s1. The number of ether oxygens (including phenoxy) is 2. The summed E-state index contributed by atoms with van der Waals surface area (Å²) in [5.41, 5.74) is -0.200. The van der Waals surface area contributed by atoms with Crippen molar-refractivity contribution in [3.8, 4) is 0 Å². The van der Waals surface area contributed by atoms with Crippen LogP contribution in [0, 0.1) is 0 Å². The minimum absolute atomic E-state index is 0.165. The Hall–Kier alpha value is -1.06. The summed E-state index contributed by atoms with van der Waals surface area (Å²) in [6.45, 7) is 4.98. The van der Waals surface area contributed by atoms with Crippen LogP contribution in [0.1, 0.15) is 17.7 Å². The lowest BCUT2D eigenvalue weighted by Crippen LogP contribution is -2.44. The number of nitrogens with zero attached hydrogens (tertiary/aromatic N) is 3. The molecular weight excluding hydrogens is 416 g/mol. The second-order valence-electron chi connectivity index (χ2n) is 6.91. The molecule has 0 radical (unpaired) electrons. The number of aromatic nitrogens is 2. The Bertz CT molecular complexity index is 716. The molecule has 0 aliphatic carbocycles. The molecule has 4 heterocycles. The van der Waals surface area contributed by atoms with Gasteiger partial charge < -0.3 is 14.8 Å². The SMILES string of the molecule is Brc1csc(CN2CCOC[C@@]3(CC[C@@H](CNc4ncccn4)O3)C2)c1. The number of thiophene rings is 1. The molecule has 2 aliphatic heterocycles. The predicted octanol–water partition coefficient (Wildman–Crippen LogP) is 3.16. The topological polar surface area (TPSA) is 59.5 Å². The molecule has 2 atom stereocenters. The molecule has 140 valence electrons. The van der Waals surface area contributed by atoms with E-state index in [2.05, 4.69) is 47.6 Å². The summed E-state index contributed by atoms with van der Waals surface area (Å²) in [6, 6.07) is 4.01. The monoisotopic (exact) mass is 438 g/mol. The van der Waals surface area contributed by atoms with Gasteiger partial charge in [-0.05, 0) is 40.9 Å². The van der Waals surface area contributed by atoms with Gasteiger partial charge in [0.05, 0.1) is 19.3 Å². The van der Waals surface area contributed by atoms with Gasteiger partial charge >= 0.3 is 0 Å². The zero-order chi connectivity index (χ0) is 17.8. The smallest absolute Gasteiger partial charge is 0.222 e. The summed E-state index contributed by atoms with van der Waals surface area (Å²) in [4.78, 5) is 12.2. The number of hydrogen-bond donors (Lipinski definition) is 1. The first kappa shape index (κ1) is 18.3. The lowest BCUT2D eigenvalue weighted by Gasteiger charge is -2.31. The Morgan fingerprint density at radius 2 is 2.27 bits per heavy atom. The molecule has 0 aromatic carbocycles. The maximum absolute atomic E-state index is 6.47. The maximum atomic E-state index is 6.47. The van der Waals surface area contributed by atoms with Crippen molar-refractivity contribution < 1.29 is 9.47 Å². The van der Waals surface area contributed by atoms with E-state index in [4.69, 9.17) is 9.47 Å². The van der Waals surface area contributed by atoms with Gasteiger partial charge in [0.2, 0.25) is 5.95 Å². The first-order chi connectivity index (χ1) is 12.7. The fraction of sp³-hybridized carbons (Fsp3) is 0.556. The minimum atomic E-state index is -0.200. The van der Waals surface area contributed by atoms with Crippen molar-refractivity contribution in [1.82, 2.24) is 14.9 Å². The Balaban J connectivity index is 1.34. The fourth-order valence-electron chi connectivity index (χ4n) is 3.63. The molecule has 26 heavy (non-hydrogen) atoms. The second kappa shape index (κ2) is 8.31. The fourth-order valence-corrected chi connectivity index (χ4v) is 5.13. The number of anilines is 1. The third-order valence-corrected chi connectivity index (χ3v) is 6.50. The van der Waals surface area contributed by atoms with Gasteiger partial charge in [0.15, 0.2) is 0 Å². The van der Waals surface area contributed by atoms with Gasteiger partial charge in [0.1, 0.15) is 5.60 Å². The Labute approximate surface area is 166 Å². The number of rotatable bonds is 5. The quantitative estimate of drug-likeness (QED) is 0.773. The van der Waals surface area contributed by atoms with Gasteiger partial charge in [-0.3, -0.25) is 4.90 Å². The average Bonchev–Trinajstić information content (AvgIpc) is 3.18. The predicted molar refractivity (Wildman–Crippen MR) is 105 cm³/mol. The van der Waals surface area contributed by atoms with Gasteiger partial charge in [0, 0.05) is 53.3 Å². The first-order valence-corrected chi connectivity index (χ1v) is 10.6. The summed E-state index contributed by atoms with van der Waals surface area (Å²) in [5, 5.41) is 5.41. The highest BCUT2D eigenvalue weighted by Gasteiger charge is 2.43. The van der Waals surface area contributed by atoms with Crippen molar-refractivity contribution in [2.45, 2.75) is 31.1 Å². The van der Waals surface area contributed by atoms with E-state index in [1.54, 1.807) is 23.7 Å². The van der Waals surface area contributed by atoms with Crippen molar-refractivity contribution in [3.05, 3.63) is 39.3 Å². The summed E-state index contributed by atoms with van der Waals surface area (Å²) >= 11 is 5.34. The lowest BCUT2D eigenvalue weighted by atomic mass is 10.00. The Morgan fingerprint density at radius 1 is 1.38 bits per heavy atom. The summed E-state index contributed by atoms with van der Waals surface area (Å²) in [6.07, 6.45) is 5.71. The van der Waals surface area contributed by atoms with Crippen LogP contribution in [0.4, 0.5) is 5.95 Å². The third-order valence-electron chi connectivity index (χ3n) is 4.82. The highest BCUT2D eigenvalue weighted by Crippen LogP contribution is 2.34. The van der Waals surface area contributed by atoms with E-state index >= 15 is 0 Å². The van der Waals surface area contributed by atoms with Gasteiger partial charge in [-0.1, -0.05) is 0 Å². The zero-order valence-electron chi connectivity index (χ0n) is 14.6. The van der Waals surface area contributed by atoms with Gasteiger partial charge in [-0.15, -0.1) is 11.3 Å².